The van der Waals surface area contributed by atoms with Gasteiger partial charge < -0.3 is 19.5 Å². The number of hydrogen-bond acceptors (Lipinski definition) is 7. The van der Waals surface area contributed by atoms with Crippen molar-refractivity contribution in [3.63, 3.8) is 0 Å². The lowest BCUT2D eigenvalue weighted by atomic mass is 9.96. The second kappa shape index (κ2) is 10.2. The highest BCUT2D eigenvalue weighted by Crippen LogP contribution is 2.28. The lowest BCUT2D eigenvalue weighted by Gasteiger charge is -2.32. The van der Waals surface area contributed by atoms with Crippen LogP contribution < -0.4 is 5.32 Å². The third kappa shape index (κ3) is 6.99. The van der Waals surface area contributed by atoms with Gasteiger partial charge in [0.25, 0.3) is 5.91 Å². The zero-order valence-corrected chi connectivity index (χ0v) is 19.3. The van der Waals surface area contributed by atoms with E-state index < -0.39 is 11.7 Å². The van der Waals surface area contributed by atoms with E-state index in [1.807, 2.05) is 49.9 Å². The molecule has 0 unspecified atom stereocenters. The summed E-state index contributed by atoms with van der Waals surface area (Å²) in [5, 5.41) is 6.75. The summed E-state index contributed by atoms with van der Waals surface area (Å²) in [6, 6.07) is 7.62. The van der Waals surface area contributed by atoms with Gasteiger partial charge in [0.15, 0.2) is 5.82 Å². The first kappa shape index (κ1) is 23.1. The van der Waals surface area contributed by atoms with Crippen LogP contribution in [0, 0.1) is 12.8 Å². The number of carbonyl (C=O) groups is 2. The zero-order valence-electron chi connectivity index (χ0n) is 18.5. The molecular formula is C22H30N4O4S. The Balaban J connectivity index is 1.51. The monoisotopic (exact) mass is 446 g/mol. The number of rotatable bonds is 6. The Bertz CT molecular complexity index is 901. The molecule has 1 aliphatic rings. The van der Waals surface area contributed by atoms with Gasteiger partial charge in [-0.25, -0.2) is 4.79 Å². The molecule has 31 heavy (non-hydrogen) atoms. The van der Waals surface area contributed by atoms with Crippen LogP contribution in [0.4, 0.5) is 4.79 Å². The number of nitrogens with zero attached hydrogens (tertiary/aromatic N) is 3. The number of hydrogen-bond donors (Lipinski definition) is 1. The predicted octanol–water partition coefficient (Wildman–Crippen LogP) is 4.05. The third-order valence-corrected chi connectivity index (χ3v) is 5.95. The summed E-state index contributed by atoms with van der Waals surface area (Å²) in [5.41, 5.74) is 0.187. The molecule has 1 N–H and O–H groups in total. The average Bonchev–Trinajstić information content (AvgIpc) is 3.15. The molecule has 3 rings (SSSR count). The molecule has 8 nitrogen and oxygen atoms in total. The first-order valence-electron chi connectivity index (χ1n) is 10.5. The summed E-state index contributed by atoms with van der Waals surface area (Å²) in [6.07, 6.45) is 1.30. The van der Waals surface area contributed by atoms with Crippen LogP contribution in [0.1, 0.15) is 55.7 Å². The molecule has 0 radical (unpaired) electrons. The van der Waals surface area contributed by atoms with Crippen LogP contribution in [0.2, 0.25) is 0 Å². The van der Waals surface area contributed by atoms with Crippen molar-refractivity contribution in [2.75, 3.05) is 19.6 Å². The third-order valence-electron chi connectivity index (χ3n) is 4.88. The second-order valence-corrected chi connectivity index (χ2v) is 9.65. The molecule has 0 saturated carbocycles. The van der Waals surface area contributed by atoms with Crippen molar-refractivity contribution in [2.24, 2.45) is 5.92 Å². The molecule has 0 atom stereocenters. The van der Waals surface area contributed by atoms with Crippen molar-refractivity contribution >= 4 is 23.8 Å². The second-order valence-electron chi connectivity index (χ2n) is 8.63. The number of thioether (sulfide) groups is 1. The molecule has 0 spiro atoms. The summed E-state index contributed by atoms with van der Waals surface area (Å²) >= 11 is 1.53. The fourth-order valence-corrected chi connectivity index (χ4v) is 4.25. The average molecular weight is 447 g/mol. The lowest BCUT2D eigenvalue weighted by Crippen LogP contribution is -2.42. The van der Waals surface area contributed by atoms with Crippen molar-refractivity contribution in [1.29, 1.82) is 0 Å². The van der Waals surface area contributed by atoms with Crippen molar-refractivity contribution in [3.05, 3.63) is 41.5 Å². The summed E-state index contributed by atoms with van der Waals surface area (Å²) in [4.78, 5) is 32.0. The Hall–Kier alpha value is -2.55. The smallest absolute Gasteiger partial charge is 0.407 e. The normalized spacial score (nSPS) is 15.0. The minimum atomic E-state index is -0.506. The van der Waals surface area contributed by atoms with Crippen LogP contribution >= 0.6 is 11.8 Å². The van der Waals surface area contributed by atoms with Gasteiger partial charge in [0, 0.05) is 31.5 Å². The van der Waals surface area contributed by atoms with E-state index in [-0.39, 0.29) is 5.91 Å². The largest absolute Gasteiger partial charge is 0.444 e. The van der Waals surface area contributed by atoms with Crippen LogP contribution in [-0.2, 0) is 10.5 Å². The van der Waals surface area contributed by atoms with Crippen LogP contribution in [0.3, 0.4) is 0 Å². The maximum absolute atomic E-state index is 13.1. The van der Waals surface area contributed by atoms with E-state index in [9.17, 15) is 9.59 Å². The number of ether oxygens (including phenoxy) is 1. The summed E-state index contributed by atoms with van der Waals surface area (Å²) < 4.78 is 10.3. The Morgan fingerprint density at radius 1 is 1.26 bits per heavy atom. The Labute approximate surface area is 187 Å². The Morgan fingerprint density at radius 2 is 1.97 bits per heavy atom. The molecule has 2 aromatic rings. The molecule has 0 bridgehead atoms. The van der Waals surface area contributed by atoms with E-state index in [1.165, 1.54) is 11.8 Å². The zero-order chi connectivity index (χ0) is 22.4. The van der Waals surface area contributed by atoms with Gasteiger partial charge in [0.2, 0.25) is 5.89 Å². The predicted molar refractivity (Wildman–Crippen MR) is 118 cm³/mol. The van der Waals surface area contributed by atoms with Gasteiger partial charge in [0.05, 0.1) is 11.3 Å². The Kier molecular flexibility index (Phi) is 7.59. The standard InChI is InChI=1S/C22H30N4O4S/c1-15-24-19(25-30-15)14-31-18-8-6-5-7-17(18)20(27)26-11-9-16(10-12-26)13-23-21(28)29-22(2,3)4/h5-8,16H,9-14H2,1-4H3,(H,23,28). The molecule has 1 saturated heterocycles. The number of carbonyl (C=O) groups excluding carboxylic acids is 2. The van der Waals surface area contributed by atoms with Crippen LogP contribution in [-0.4, -0.2) is 52.3 Å². The molecular weight excluding hydrogens is 416 g/mol. The summed E-state index contributed by atoms with van der Waals surface area (Å²) in [7, 11) is 0. The topological polar surface area (TPSA) is 97.6 Å². The number of piperidine rings is 1. The number of alkyl carbamates (subject to hydrolysis) is 1. The first-order chi connectivity index (χ1) is 14.7. The molecule has 1 aromatic carbocycles. The maximum Gasteiger partial charge on any atom is 0.407 e. The van der Waals surface area contributed by atoms with E-state index in [2.05, 4.69) is 15.5 Å². The molecule has 1 aliphatic heterocycles. The summed E-state index contributed by atoms with van der Waals surface area (Å²) in [5.74, 6) is 2.06. The minimum absolute atomic E-state index is 0.0333. The van der Waals surface area contributed by atoms with Crippen molar-refractivity contribution < 1.29 is 18.8 Å². The van der Waals surface area contributed by atoms with Gasteiger partial charge in [-0.3, -0.25) is 4.79 Å². The van der Waals surface area contributed by atoms with Gasteiger partial charge in [-0.1, -0.05) is 17.3 Å². The molecule has 9 heteroatoms. The van der Waals surface area contributed by atoms with Crippen LogP contribution in [0.25, 0.3) is 0 Å². The number of likely N-dealkylation sites (tertiary alicyclic amines) is 1. The minimum Gasteiger partial charge on any atom is -0.444 e. The molecule has 2 heterocycles. The number of amides is 2. The highest BCUT2D eigenvalue weighted by atomic mass is 32.2. The van der Waals surface area contributed by atoms with E-state index in [0.29, 0.717) is 48.6 Å². The Morgan fingerprint density at radius 3 is 2.61 bits per heavy atom. The molecule has 2 amide bonds. The van der Waals surface area contributed by atoms with E-state index in [0.717, 1.165) is 17.7 Å². The fourth-order valence-electron chi connectivity index (χ4n) is 3.36. The van der Waals surface area contributed by atoms with Crippen molar-refractivity contribution in [1.82, 2.24) is 20.4 Å². The molecule has 0 aliphatic carbocycles. The highest BCUT2D eigenvalue weighted by Gasteiger charge is 2.26. The van der Waals surface area contributed by atoms with Gasteiger partial charge in [-0.05, 0) is 51.7 Å². The van der Waals surface area contributed by atoms with Gasteiger partial charge in [0.1, 0.15) is 5.60 Å². The number of aromatic nitrogens is 2. The molecule has 168 valence electrons. The van der Waals surface area contributed by atoms with E-state index >= 15 is 0 Å². The highest BCUT2D eigenvalue weighted by molar-refractivity contribution is 7.98. The van der Waals surface area contributed by atoms with E-state index in [1.54, 1.807) is 6.92 Å². The van der Waals surface area contributed by atoms with Crippen molar-refractivity contribution in [2.45, 2.75) is 56.8 Å². The number of benzene rings is 1. The van der Waals surface area contributed by atoms with Crippen LogP contribution in [0.15, 0.2) is 33.7 Å². The quantitative estimate of drug-likeness (QED) is 0.669. The first-order valence-corrected chi connectivity index (χ1v) is 11.5. The summed E-state index contributed by atoms with van der Waals surface area (Å²) in [6.45, 7) is 9.19. The van der Waals surface area contributed by atoms with Gasteiger partial charge in [-0.15, -0.1) is 11.8 Å². The SMILES string of the molecule is Cc1nc(CSc2ccccc2C(=O)N2CCC(CNC(=O)OC(C)(C)C)CC2)no1. The van der Waals surface area contributed by atoms with Crippen molar-refractivity contribution in [3.8, 4) is 0 Å². The number of nitrogens with one attached hydrogen (secondary N) is 1. The number of aryl methyl sites for hydroxylation is 1. The molecule has 1 fully saturated rings. The van der Waals surface area contributed by atoms with Crippen LogP contribution in [0.5, 0.6) is 0 Å². The lowest BCUT2D eigenvalue weighted by molar-refractivity contribution is 0.0500. The van der Waals surface area contributed by atoms with Gasteiger partial charge in [-0.2, -0.15) is 4.98 Å². The molecule has 1 aromatic heterocycles. The van der Waals surface area contributed by atoms with Gasteiger partial charge >= 0.3 is 6.09 Å². The fraction of sp³-hybridized carbons (Fsp3) is 0.545. The maximum atomic E-state index is 13.1. The van der Waals surface area contributed by atoms with E-state index in [4.69, 9.17) is 9.26 Å².